The number of rotatable bonds is 13. The fraction of sp³-hybridized carbons (Fsp3) is 0.409. The van der Waals surface area contributed by atoms with Crippen LogP contribution in [-0.2, 0) is 20.8 Å². The predicted molar refractivity (Wildman–Crippen MR) is 118 cm³/mol. The van der Waals surface area contributed by atoms with Crippen molar-refractivity contribution in [2.75, 3.05) is 40.5 Å². The highest BCUT2D eigenvalue weighted by Crippen LogP contribution is 2.14. The van der Waals surface area contributed by atoms with E-state index in [-0.39, 0.29) is 11.8 Å². The summed E-state index contributed by atoms with van der Waals surface area (Å²) in [5.74, 6) is -0.314. The molecule has 0 atom stereocenters. The first kappa shape index (κ1) is 23.7. The number of benzene rings is 1. The fourth-order valence-corrected chi connectivity index (χ4v) is 3.45. The second-order valence-corrected chi connectivity index (χ2v) is 7.52. The van der Waals surface area contributed by atoms with E-state index in [0.717, 1.165) is 23.4 Å². The molecule has 0 unspecified atom stereocenters. The molecule has 2 aromatic rings. The molecule has 0 saturated carbocycles. The molecule has 0 radical (unpaired) electrons. The summed E-state index contributed by atoms with van der Waals surface area (Å²) in [7, 11) is 3.27. The average molecular weight is 432 g/mol. The number of aromatic nitrogens is 1. The molecule has 1 heterocycles. The molecule has 162 valence electrons. The highest BCUT2D eigenvalue weighted by Gasteiger charge is 2.16. The molecule has 0 spiro atoms. The third kappa shape index (κ3) is 8.44. The Bertz CT molecular complexity index is 808. The second kappa shape index (κ2) is 13.6. The lowest BCUT2D eigenvalue weighted by Crippen LogP contribution is -2.30. The minimum absolute atomic E-state index is 0.101. The number of methoxy groups -OCH3 is 2. The van der Waals surface area contributed by atoms with Gasteiger partial charge in [-0.15, -0.1) is 11.3 Å². The van der Waals surface area contributed by atoms with E-state index in [4.69, 9.17) is 9.47 Å². The molecule has 8 heteroatoms. The van der Waals surface area contributed by atoms with Gasteiger partial charge in [0.15, 0.2) is 0 Å². The van der Waals surface area contributed by atoms with Gasteiger partial charge in [0, 0.05) is 52.0 Å². The highest BCUT2D eigenvalue weighted by molar-refractivity contribution is 7.09. The lowest BCUT2D eigenvalue weighted by atomic mass is 10.2. The molecule has 2 amide bonds. The van der Waals surface area contributed by atoms with Gasteiger partial charge in [-0.3, -0.25) is 9.59 Å². The lowest BCUT2D eigenvalue weighted by molar-refractivity contribution is -0.126. The summed E-state index contributed by atoms with van der Waals surface area (Å²) in [6.45, 7) is 2.59. The molecule has 0 aliphatic carbocycles. The summed E-state index contributed by atoms with van der Waals surface area (Å²) in [5, 5.41) is 5.26. The second-order valence-electron chi connectivity index (χ2n) is 6.58. The maximum absolute atomic E-state index is 12.7. The predicted octanol–water partition coefficient (Wildman–Crippen LogP) is 2.99. The molecule has 0 aliphatic rings. The van der Waals surface area contributed by atoms with Gasteiger partial charge in [0.25, 0.3) is 5.91 Å². The van der Waals surface area contributed by atoms with Crippen LogP contribution in [0.25, 0.3) is 6.08 Å². The van der Waals surface area contributed by atoms with E-state index in [9.17, 15) is 9.59 Å². The van der Waals surface area contributed by atoms with Gasteiger partial charge in [-0.25, -0.2) is 4.98 Å². The van der Waals surface area contributed by atoms with Crippen LogP contribution in [0.1, 0.15) is 33.9 Å². The summed E-state index contributed by atoms with van der Waals surface area (Å²) >= 11 is 1.38. The SMILES string of the molecule is COCCCNC(=O)c1csc(CN(CCCOC)C(=O)/C=C/c2ccccc2)n1. The minimum atomic E-state index is -0.213. The first-order valence-electron chi connectivity index (χ1n) is 9.86. The van der Waals surface area contributed by atoms with Gasteiger partial charge < -0.3 is 19.7 Å². The molecular formula is C22H29N3O4S. The monoisotopic (exact) mass is 431 g/mol. The van der Waals surface area contributed by atoms with Gasteiger partial charge >= 0.3 is 0 Å². The Balaban J connectivity index is 1.98. The van der Waals surface area contributed by atoms with Crippen molar-refractivity contribution in [2.24, 2.45) is 0 Å². The van der Waals surface area contributed by atoms with Gasteiger partial charge in [-0.2, -0.15) is 0 Å². The Kier molecular flexibility index (Phi) is 10.8. The third-order valence-corrected chi connectivity index (χ3v) is 5.06. The Morgan fingerprint density at radius 2 is 1.87 bits per heavy atom. The normalized spacial score (nSPS) is 11.0. The van der Waals surface area contributed by atoms with E-state index in [0.29, 0.717) is 38.5 Å². The van der Waals surface area contributed by atoms with E-state index < -0.39 is 0 Å². The summed E-state index contributed by atoms with van der Waals surface area (Å²) < 4.78 is 10.1. The number of nitrogens with one attached hydrogen (secondary N) is 1. The highest BCUT2D eigenvalue weighted by atomic mass is 32.1. The largest absolute Gasteiger partial charge is 0.385 e. The standard InChI is InChI=1S/C22H29N3O4S/c1-28-14-6-12-23-22(27)19-17-30-20(24-19)16-25(13-7-15-29-2)21(26)11-10-18-8-4-3-5-9-18/h3-5,8-11,17H,6-7,12-16H2,1-2H3,(H,23,27)/b11-10+. The van der Waals surface area contributed by atoms with E-state index in [1.165, 1.54) is 11.3 Å². The average Bonchev–Trinajstić information content (AvgIpc) is 3.24. The van der Waals surface area contributed by atoms with Crippen molar-refractivity contribution in [3.05, 3.63) is 58.1 Å². The van der Waals surface area contributed by atoms with Crippen molar-refractivity contribution in [3.63, 3.8) is 0 Å². The van der Waals surface area contributed by atoms with Gasteiger partial charge in [0.1, 0.15) is 10.7 Å². The van der Waals surface area contributed by atoms with Crippen molar-refractivity contribution < 1.29 is 19.1 Å². The molecule has 1 aromatic heterocycles. The maximum Gasteiger partial charge on any atom is 0.270 e. The van der Waals surface area contributed by atoms with Crippen molar-refractivity contribution in [3.8, 4) is 0 Å². The molecule has 0 bridgehead atoms. The fourth-order valence-electron chi connectivity index (χ4n) is 2.66. The van der Waals surface area contributed by atoms with Crippen LogP contribution in [-0.4, -0.2) is 62.2 Å². The van der Waals surface area contributed by atoms with Crippen LogP contribution in [0, 0.1) is 0 Å². The van der Waals surface area contributed by atoms with Crippen molar-refractivity contribution in [2.45, 2.75) is 19.4 Å². The van der Waals surface area contributed by atoms with E-state index in [1.807, 2.05) is 30.3 Å². The van der Waals surface area contributed by atoms with E-state index in [2.05, 4.69) is 10.3 Å². The van der Waals surface area contributed by atoms with Crippen molar-refractivity contribution in [1.82, 2.24) is 15.2 Å². The number of thiazole rings is 1. The molecule has 1 aromatic carbocycles. The van der Waals surface area contributed by atoms with Crippen LogP contribution < -0.4 is 5.32 Å². The first-order valence-corrected chi connectivity index (χ1v) is 10.7. The van der Waals surface area contributed by atoms with Crippen molar-refractivity contribution in [1.29, 1.82) is 0 Å². The van der Waals surface area contributed by atoms with E-state index in [1.54, 1.807) is 36.7 Å². The molecule has 30 heavy (non-hydrogen) atoms. The molecule has 0 fully saturated rings. The Labute approximate surface area is 181 Å². The third-order valence-electron chi connectivity index (χ3n) is 4.23. The zero-order chi connectivity index (χ0) is 21.6. The van der Waals surface area contributed by atoms with Crippen LogP contribution in [0.5, 0.6) is 0 Å². The number of amides is 2. The summed E-state index contributed by atoms with van der Waals surface area (Å²) in [5.41, 5.74) is 1.33. The maximum atomic E-state index is 12.7. The zero-order valence-corrected chi connectivity index (χ0v) is 18.3. The van der Waals surface area contributed by atoms with Gasteiger partial charge in [-0.1, -0.05) is 30.3 Å². The number of nitrogens with zero attached hydrogens (tertiary/aromatic N) is 2. The zero-order valence-electron chi connectivity index (χ0n) is 17.5. The Morgan fingerprint density at radius 3 is 2.60 bits per heavy atom. The van der Waals surface area contributed by atoms with Crippen molar-refractivity contribution >= 4 is 29.2 Å². The lowest BCUT2D eigenvalue weighted by Gasteiger charge is -2.20. The molecule has 0 saturated heterocycles. The Hall–Kier alpha value is -2.55. The molecular weight excluding hydrogens is 402 g/mol. The van der Waals surface area contributed by atoms with Crippen LogP contribution in [0.2, 0.25) is 0 Å². The summed E-state index contributed by atoms with van der Waals surface area (Å²) in [4.78, 5) is 31.1. The molecule has 1 N–H and O–H groups in total. The Morgan fingerprint density at radius 1 is 1.13 bits per heavy atom. The van der Waals surface area contributed by atoms with Crippen LogP contribution >= 0.6 is 11.3 Å². The van der Waals surface area contributed by atoms with Gasteiger partial charge in [0.05, 0.1) is 6.54 Å². The number of carbonyl (C=O) groups is 2. The first-order chi connectivity index (χ1) is 14.6. The quantitative estimate of drug-likeness (QED) is 0.390. The van der Waals surface area contributed by atoms with Crippen LogP contribution in [0.3, 0.4) is 0 Å². The van der Waals surface area contributed by atoms with Gasteiger partial charge in [-0.05, 0) is 24.5 Å². The molecule has 0 aliphatic heterocycles. The topological polar surface area (TPSA) is 80.8 Å². The molecule has 7 nitrogen and oxygen atoms in total. The smallest absolute Gasteiger partial charge is 0.270 e. The number of hydrogen-bond acceptors (Lipinski definition) is 6. The van der Waals surface area contributed by atoms with Crippen LogP contribution in [0.15, 0.2) is 41.8 Å². The summed E-state index contributed by atoms with van der Waals surface area (Å²) in [6.07, 6.45) is 4.83. The number of carbonyl (C=O) groups excluding carboxylic acids is 2. The minimum Gasteiger partial charge on any atom is -0.385 e. The van der Waals surface area contributed by atoms with Crippen LogP contribution in [0.4, 0.5) is 0 Å². The van der Waals surface area contributed by atoms with Gasteiger partial charge in [0.2, 0.25) is 5.91 Å². The van der Waals surface area contributed by atoms with E-state index >= 15 is 0 Å². The number of hydrogen-bond donors (Lipinski definition) is 1. The molecule has 2 rings (SSSR count). The summed E-state index contributed by atoms with van der Waals surface area (Å²) in [6, 6.07) is 9.68. The number of ether oxygens (including phenoxy) is 2.